The first-order valence-electron chi connectivity index (χ1n) is 7.84. The van der Waals surface area contributed by atoms with Crippen molar-refractivity contribution in [1.82, 2.24) is 0 Å². The SMILES string of the molecule is O=C1COc2ccc(C(=O)COC(=O)c3ccc(SC(F)(F)F)cc3)cc2N1. The fourth-order valence-corrected chi connectivity index (χ4v) is 2.89. The van der Waals surface area contributed by atoms with E-state index in [-0.39, 0.29) is 40.3 Å². The van der Waals surface area contributed by atoms with Crippen LogP contribution in [0.3, 0.4) is 0 Å². The van der Waals surface area contributed by atoms with E-state index in [2.05, 4.69) is 5.32 Å². The van der Waals surface area contributed by atoms with Gasteiger partial charge in [0.25, 0.3) is 5.91 Å². The molecule has 1 aliphatic rings. The molecule has 3 rings (SSSR count). The number of anilines is 1. The van der Waals surface area contributed by atoms with E-state index in [4.69, 9.17) is 9.47 Å². The Hall–Kier alpha value is -3.01. The molecular weight excluding hydrogens is 399 g/mol. The van der Waals surface area contributed by atoms with Crippen molar-refractivity contribution in [3.63, 3.8) is 0 Å². The molecule has 10 heteroatoms. The topological polar surface area (TPSA) is 81.7 Å². The van der Waals surface area contributed by atoms with Crippen molar-refractivity contribution in [1.29, 1.82) is 0 Å². The number of carbonyl (C=O) groups excluding carboxylic acids is 3. The number of alkyl halides is 3. The van der Waals surface area contributed by atoms with Gasteiger partial charge < -0.3 is 14.8 Å². The fourth-order valence-electron chi connectivity index (χ4n) is 2.35. The number of thioether (sulfide) groups is 1. The van der Waals surface area contributed by atoms with E-state index >= 15 is 0 Å². The Morgan fingerprint density at radius 1 is 1.11 bits per heavy atom. The number of hydrogen-bond donors (Lipinski definition) is 1. The van der Waals surface area contributed by atoms with Gasteiger partial charge >= 0.3 is 11.5 Å². The summed E-state index contributed by atoms with van der Waals surface area (Å²) in [5.74, 6) is -1.28. The maximum absolute atomic E-state index is 12.3. The number of benzene rings is 2. The molecule has 0 saturated heterocycles. The third kappa shape index (κ3) is 5.03. The predicted molar refractivity (Wildman–Crippen MR) is 93.5 cm³/mol. The van der Waals surface area contributed by atoms with Crippen LogP contribution in [-0.4, -0.2) is 36.4 Å². The quantitative estimate of drug-likeness (QED) is 0.459. The molecule has 6 nitrogen and oxygen atoms in total. The summed E-state index contributed by atoms with van der Waals surface area (Å²) in [4.78, 5) is 35.4. The molecule has 2 aromatic carbocycles. The molecule has 0 radical (unpaired) electrons. The molecule has 0 aromatic heterocycles. The molecule has 28 heavy (non-hydrogen) atoms. The van der Waals surface area contributed by atoms with Crippen LogP contribution < -0.4 is 10.1 Å². The van der Waals surface area contributed by atoms with Gasteiger partial charge in [0.1, 0.15) is 5.75 Å². The number of rotatable bonds is 5. The highest BCUT2D eigenvalue weighted by Crippen LogP contribution is 2.36. The number of nitrogens with one attached hydrogen (secondary N) is 1. The van der Waals surface area contributed by atoms with Gasteiger partial charge in [-0.05, 0) is 54.2 Å². The number of ether oxygens (including phenoxy) is 2. The van der Waals surface area contributed by atoms with Gasteiger partial charge in [0.05, 0.1) is 11.3 Å². The van der Waals surface area contributed by atoms with Crippen LogP contribution in [0.2, 0.25) is 0 Å². The second-order valence-electron chi connectivity index (χ2n) is 5.62. The van der Waals surface area contributed by atoms with Gasteiger partial charge in [-0.15, -0.1) is 0 Å². The first-order chi connectivity index (χ1) is 13.2. The van der Waals surface area contributed by atoms with Crippen LogP contribution in [0.5, 0.6) is 5.75 Å². The summed E-state index contributed by atoms with van der Waals surface area (Å²) in [6.07, 6.45) is 0. The lowest BCUT2D eigenvalue weighted by Crippen LogP contribution is -2.25. The summed E-state index contributed by atoms with van der Waals surface area (Å²) >= 11 is -0.298. The Labute approximate surface area is 161 Å². The van der Waals surface area contributed by atoms with Crippen molar-refractivity contribution >= 4 is 35.1 Å². The number of halogens is 3. The molecule has 0 atom stereocenters. The molecule has 0 saturated carbocycles. The maximum Gasteiger partial charge on any atom is 0.446 e. The first-order valence-corrected chi connectivity index (χ1v) is 8.66. The zero-order valence-corrected chi connectivity index (χ0v) is 14.9. The highest BCUT2D eigenvalue weighted by molar-refractivity contribution is 8.00. The summed E-state index contributed by atoms with van der Waals surface area (Å²) in [6.45, 7) is -0.677. The molecule has 1 amide bonds. The smallest absolute Gasteiger partial charge is 0.446 e. The largest absolute Gasteiger partial charge is 0.482 e. The lowest BCUT2D eigenvalue weighted by Gasteiger charge is -2.18. The van der Waals surface area contributed by atoms with Crippen molar-refractivity contribution in [3.05, 3.63) is 53.6 Å². The molecule has 0 aliphatic carbocycles. The predicted octanol–water partition coefficient (Wildman–Crippen LogP) is 3.67. The second kappa shape index (κ2) is 7.93. The number of amides is 1. The van der Waals surface area contributed by atoms with Crippen LogP contribution in [0.1, 0.15) is 20.7 Å². The van der Waals surface area contributed by atoms with E-state index in [1.165, 1.54) is 30.3 Å². The van der Waals surface area contributed by atoms with E-state index in [0.717, 1.165) is 12.1 Å². The Kier molecular flexibility index (Phi) is 5.59. The highest BCUT2D eigenvalue weighted by atomic mass is 32.2. The monoisotopic (exact) mass is 411 g/mol. The number of esters is 1. The molecular formula is C18H12F3NO5S. The minimum atomic E-state index is -4.42. The van der Waals surface area contributed by atoms with Gasteiger partial charge in [0, 0.05) is 10.5 Å². The van der Waals surface area contributed by atoms with Gasteiger partial charge in [-0.3, -0.25) is 9.59 Å². The molecule has 0 bridgehead atoms. The molecule has 0 unspecified atom stereocenters. The summed E-state index contributed by atoms with van der Waals surface area (Å²) in [5, 5.41) is 2.56. The zero-order valence-electron chi connectivity index (χ0n) is 14.0. The highest BCUT2D eigenvalue weighted by Gasteiger charge is 2.29. The van der Waals surface area contributed by atoms with Gasteiger partial charge in [-0.1, -0.05) is 0 Å². The second-order valence-corrected chi connectivity index (χ2v) is 6.76. The Bertz CT molecular complexity index is 928. The molecule has 0 fully saturated rings. The molecule has 1 N–H and O–H groups in total. The third-order valence-corrected chi connectivity index (χ3v) is 4.33. The van der Waals surface area contributed by atoms with Gasteiger partial charge in [0.2, 0.25) is 0 Å². The summed E-state index contributed by atoms with van der Waals surface area (Å²) < 4.78 is 47.0. The average molecular weight is 411 g/mol. The van der Waals surface area contributed by atoms with E-state index in [9.17, 15) is 27.6 Å². The van der Waals surface area contributed by atoms with Crippen molar-refractivity contribution in [3.8, 4) is 5.75 Å². The van der Waals surface area contributed by atoms with Crippen molar-refractivity contribution in [2.45, 2.75) is 10.4 Å². The molecule has 0 spiro atoms. The molecule has 1 aliphatic heterocycles. The van der Waals surface area contributed by atoms with Crippen LogP contribution in [0.25, 0.3) is 0 Å². The lowest BCUT2D eigenvalue weighted by atomic mass is 10.1. The van der Waals surface area contributed by atoms with Crippen LogP contribution in [0.15, 0.2) is 47.4 Å². The van der Waals surface area contributed by atoms with Crippen LogP contribution in [0.4, 0.5) is 18.9 Å². The van der Waals surface area contributed by atoms with E-state index in [0.29, 0.717) is 11.4 Å². The van der Waals surface area contributed by atoms with E-state index in [1.54, 1.807) is 0 Å². The minimum absolute atomic E-state index is 0.0189. The van der Waals surface area contributed by atoms with Crippen LogP contribution in [0, 0.1) is 0 Å². The summed E-state index contributed by atoms with van der Waals surface area (Å²) in [5.41, 5.74) is -3.86. The Morgan fingerprint density at radius 2 is 1.79 bits per heavy atom. The van der Waals surface area contributed by atoms with E-state index < -0.39 is 23.9 Å². The lowest BCUT2D eigenvalue weighted by molar-refractivity contribution is -0.118. The number of ketones is 1. The first kappa shape index (κ1) is 19.7. The number of fused-ring (bicyclic) bond motifs is 1. The molecule has 1 heterocycles. The Balaban J connectivity index is 1.59. The maximum atomic E-state index is 12.3. The van der Waals surface area contributed by atoms with Crippen LogP contribution >= 0.6 is 11.8 Å². The van der Waals surface area contributed by atoms with Crippen molar-refractivity contribution in [2.24, 2.45) is 0 Å². The van der Waals surface area contributed by atoms with Gasteiger partial charge in [-0.25, -0.2) is 4.79 Å². The zero-order chi connectivity index (χ0) is 20.3. The molecule has 146 valence electrons. The normalized spacial score (nSPS) is 13.2. The Morgan fingerprint density at radius 3 is 2.46 bits per heavy atom. The number of hydrogen-bond acceptors (Lipinski definition) is 6. The summed E-state index contributed by atoms with van der Waals surface area (Å²) in [6, 6.07) is 9.05. The molecule has 2 aromatic rings. The minimum Gasteiger partial charge on any atom is -0.482 e. The van der Waals surface area contributed by atoms with Gasteiger partial charge in [0.15, 0.2) is 19.0 Å². The van der Waals surface area contributed by atoms with Crippen LogP contribution in [-0.2, 0) is 9.53 Å². The van der Waals surface area contributed by atoms with Gasteiger partial charge in [-0.2, -0.15) is 13.2 Å². The number of carbonyl (C=O) groups is 3. The van der Waals surface area contributed by atoms with E-state index in [1.807, 2.05) is 0 Å². The third-order valence-electron chi connectivity index (χ3n) is 3.59. The summed E-state index contributed by atoms with van der Waals surface area (Å²) in [7, 11) is 0. The standard InChI is InChI=1S/C18H12F3NO5S/c19-18(20,21)28-12-4-1-10(2-5-12)17(25)27-8-14(23)11-3-6-15-13(7-11)22-16(24)9-26-15/h1-7H,8-9H2,(H,22,24). The average Bonchev–Trinajstić information content (AvgIpc) is 2.64. The fraction of sp³-hybridized carbons (Fsp3) is 0.167. The number of Topliss-reactive ketones (excluding diaryl/α,β-unsaturated/α-hetero) is 1. The van der Waals surface area contributed by atoms with Crippen molar-refractivity contribution in [2.75, 3.05) is 18.5 Å². The van der Waals surface area contributed by atoms with Crippen molar-refractivity contribution < 1.29 is 37.0 Å².